The molecule has 0 aliphatic carbocycles. The van der Waals surface area contributed by atoms with Gasteiger partial charge >= 0.3 is 0 Å². The number of anilines is 9. The number of nitrogens with zero attached hydrogens (tertiary/aromatic N) is 3. The van der Waals surface area contributed by atoms with Crippen LogP contribution in [0, 0.1) is 0 Å². The Bertz CT molecular complexity index is 2200. The van der Waals surface area contributed by atoms with Gasteiger partial charge in [0.2, 0.25) is 0 Å². The molecule has 0 unspecified atom stereocenters. The van der Waals surface area contributed by atoms with Crippen LogP contribution in [0.1, 0.15) is 0 Å². The molecule has 0 bridgehead atoms. The molecule has 0 saturated carbocycles. The van der Waals surface area contributed by atoms with Crippen LogP contribution in [0.15, 0.2) is 224 Å². The smallest absolute Gasteiger partial charge is 0.0467 e. The third-order valence-corrected chi connectivity index (χ3v) is 9.00. The van der Waals surface area contributed by atoms with Crippen LogP contribution in [0.2, 0.25) is 0 Å². The van der Waals surface area contributed by atoms with Gasteiger partial charge in [0.25, 0.3) is 0 Å². The molecule has 244 valence electrons. The molecule has 0 radical (unpaired) electrons. The predicted octanol–water partition coefficient (Wildman–Crippen LogP) is 13.8. The Morgan fingerprint density at radius 3 is 0.765 bits per heavy atom. The summed E-state index contributed by atoms with van der Waals surface area (Å²) in [6.45, 7) is 0. The first kappa shape index (κ1) is 31.4. The van der Waals surface area contributed by atoms with Gasteiger partial charge in [0.1, 0.15) is 0 Å². The normalized spacial score (nSPS) is 10.7. The number of para-hydroxylation sites is 5. The Morgan fingerprint density at radius 1 is 0.176 bits per heavy atom. The van der Waals surface area contributed by atoms with Gasteiger partial charge < -0.3 is 14.7 Å². The molecular weight excluding hydrogens is 619 g/mol. The van der Waals surface area contributed by atoms with Gasteiger partial charge in [-0.3, -0.25) is 0 Å². The molecule has 0 amide bonds. The lowest BCUT2D eigenvalue weighted by atomic mass is 10.0. The van der Waals surface area contributed by atoms with Crippen molar-refractivity contribution in [2.75, 3.05) is 14.7 Å². The molecule has 0 fully saturated rings. The quantitative estimate of drug-likeness (QED) is 0.145. The average molecular weight is 656 g/mol. The van der Waals surface area contributed by atoms with E-state index in [-0.39, 0.29) is 0 Å². The zero-order valence-corrected chi connectivity index (χ0v) is 28.2. The molecule has 0 aliphatic rings. The summed E-state index contributed by atoms with van der Waals surface area (Å²) < 4.78 is 0. The fourth-order valence-electron chi connectivity index (χ4n) is 6.61. The molecule has 0 saturated heterocycles. The van der Waals surface area contributed by atoms with Crippen molar-refractivity contribution in [2.45, 2.75) is 0 Å². The summed E-state index contributed by atoms with van der Waals surface area (Å²) in [6.07, 6.45) is 0. The third-order valence-electron chi connectivity index (χ3n) is 9.00. The van der Waals surface area contributed by atoms with E-state index in [0.29, 0.717) is 0 Å². The van der Waals surface area contributed by atoms with Crippen molar-refractivity contribution >= 4 is 51.2 Å². The fraction of sp³-hybridized carbons (Fsp3) is 0. The first-order valence-electron chi connectivity index (χ1n) is 17.3. The molecule has 0 N–H and O–H groups in total. The molecule has 8 aromatic carbocycles. The highest BCUT2D eigenvalue weighted by Gasteiger charge is 2.17. The van der Waals surface area contributed by atoms with Crippen molar-refractivity contribution in [3.05, 3.63) is 224 Å². The van der Waals surface area contributed by atoms with E-state index in [4.69, 9.17) is 0 Å². The molecule has 3 nitrogen and oxygen atoms in total. The van der Waals surface area contributed by atoms with E-state index < -0.39 is 0 Å². The van der Waals surface area contributed by atoms with Gasteiger partial charge in [0.05, 0.1) is 0 Å². The molecule has 0 aromatic heterocycles. The Hall–Kier alpha value is -6.84. The zero-order valence-electron chi connectivity index (χ0n) is 28.2. The molecule has 0 atom stereocenters. The van der Waals surface area contributed by atoms with E-state index in [1.54, 1.807) is 0 Å². The topological polar surface area (TPSA) is 9.72 Å². The summed E-state index contributed by atoms with van der Waals surface area (Å²) >= 11 is 0. The molecule has 3 heteroatoms. The summed E-state index contributed by atoms with van der Waals surface area (Å²) in [4.78, 5) is 6.90. The van der Waals surface area contributed by atoms with E-state index in [2.05, 4.69) is 239 Å². The van der Waals surface area contributed by atoms with E-state index in [1.165, 1.54) is 0 Å². The summed E-state index contributed by atoms with van der Waals surface area (Å²) in [6, 6.07) is 79.2. The highest BCUT2D eigenvalue weighted by atomic mass is 15.2. The average Bonchev–Trinajstić information content (AvgIpc) is 3.21. The lowest BCUT2D eigenvalue weighted by molar-refractivity contribution is 1.26. The van der Waals surface area contributed by atoms with Gasteiger partial charge in [-0.1, -0.05) is 115 Å². The second kappa shape index (κ2) is 14.7. The molecule has 8 aromatic rings. The summed E-state index contributed by atoms with van der Waals surface area (Å²) in [5, 5.41) is 0. The number of rotatable bonds is 10. The SMILES string of the molecule is c1ccc(N(c2ccccc2)c2ccc(-c3cccc(N(c4ccccc4)c4ccc(N(c5ccccc5)c5ccccc5)cc4)c3)cc2)cc1. The van der Waals surface area contributed by atoms with Crippen LogP contribution in [0.4, 0.5) is 51.2 Å². The van der Waals surface area contributed by atoms with Crippen molar-refractivity contribution in [2.24, 2.45) is 0 Å². The minimum absolute atomic E-state index is 1.08. The monoisotopic (exact) mass is 655 g/mol. The first-order chi connectivity index (χ1) is 25.3. The van der Waals surface area contributed by atoms with Gasteiger partial charge in [0, 0.05) is 51.2 Å². The molecule has 8 rings (SSSR count). The van der Waals surface area contributed by atoms with E-state index in [0.717, 1.165) is 62.3 Å². The maximum Gasteiger partial charge on any atom is 0.0467 e. The summed E-state index contributed by atoms with van der Waals surface area (Å²) in [7, 11) is 0. The van der Waals surface area contributed by atoms with Gasteiger partial charge in [-0.05, 0) is 120 Å². The first-order valence-corrected chi connectivity index (χ1v) is 17.3. The van der Waals surface area contributed by atoms with E-state index in [9.17, 15) is 0 Å². The van der Waals surface area contributed by atoms with Crippen LogP contribution in [-0.2, 0) is 0 Å². The van der Waals surface area contributed by atoms with Gasteiger partial charge in [0.15, 0.2) is 0 Å². The summed E-state index contributed by atoms with van der Waals surface area (Å²) in [5.41, 5.74) is 12.3. The van der Waals surface area contributed by atoms with Crippen LogP contribution >= 0.6 is 0 Å². The van der Waals surface area contributed by atoms with Crippen LogP contribution in [0.5, 0.6) is 0 Å². The van der Waals surface area contributed by atoms with Crippen LogP contribution in [-0.4, -0.2) is 0 Å². The second-order valence-electron chi connectivity index (χ2n) is 12.3. The third kappa shape index (κ3) is 6.87. The van der Waals surface area contributed by atoms with E-state index >= 15 is 0 Å². The Morgan fingerprint density at radius 2 is 0.431 bits per heavy atom. The van der Waals surface area contributed by atoms with Gasteiger partial charge in [-0.25, -0.2) is 0 Å². The van der Waals surface area contributed by atoms with Crippen molar-refractivity contribution in [1.29, 1.82) is 0 Å². The van der Waals surface area contributed by atoms with Crippen molar-refractivity contribution in [3.63, 3.8) is 0 Å². The molecule has 0 heterocycles. The minimum Gasteiger partial charge on any atom is -0.311 e. The van der Waals surface area contributed by atoms with Gasteiger partial charge in [-0.2, -0.15) is 0 Å². The van der Waals surface area contributed by atoms with Crippen LogP contribution < -0.4 is 14.7 Å². The molecule has 0 spiro atoms. The van der Waals surface area contributed by atoms with E-state index in [1.807, 2.05) is 0 Å². The zero-order chi connectivity index (χ0) is 34.2. The molecule has 0 aliphatic heterocycles. The predicted molar refractivity (Wildman–Crippen MR) is 216 cm³/mol. The Kier molecular flexibility index (Phi) is 9.08. The van der Waals surface area contributed by atoms with Crippen molar-refractivity contribution < 1.29 is 0 Å². The second-order valence-corrected chi connectivity index (χ2v) is 12.3. The Labute approximate surface area is 300 Å². The van der Waals surface area contributed by atoms with Crippen LogP contribution in [0.3, 0.4) is 0 Å². The molecule has 51 heavy (non-hydrogen) atoms. The minimum atomic E-state index is 1.08. The highest BCUT2D eigenvalue weighted by molar-refractivity contribution is 5.84. The van der Waals surface area contributed by atoms with Crippen LogP contribution in [0.25, 0.3) is 11.1 Å². The lowest BCUT2D eigenvalue weighted by Crippen LogP contribution is -2.12. The largest absolute Gasteiger partial charge is 0.311 e. The fourth-order valence-corrected chi connectivity index (χ4v) is 6.61. The highest BCUT2D eigenvalue weighted by Crippen LogP contribution is 2.40. The summed E-state index contributed by atoms with van der Waals surface area (Å²) in [5.74, 6) is 0. The Balaban J connectivity index is 1.14. The maximum atomic E-state index is 2.32. The molecular formula is C48H37N3. The van der Waals surface area contributed by atoms with Crippen molar-refractivity contribution in [1.82, 2.24) is 0 Å². The van der Waals surface area contributed by atoms with Crippen molar-refractivity contribution in [3.8, 4) is 11.1 Å². The number of hydrogen-bond acceptors (Lipinski definition) is 3. The maximum absolute atomic E-state index is 2.32. The lowest BCUT2D eigenvalue weighted by Gasteiger charge is -2.28. The number of hydrogen-bond donors (Lipinski definition) is 0. The standard InChI is InChI=1S/C48H37N3/c1-6-18-40(19-7-1)49(41-20-8-2-9-21-41)45-31-29-38(30-32-45)39-17-16-28-48(37-39)51(44-26-14-5-15-27-44)47-35-33-46(34-36-47)50(42-22-10-3-11-23-42)43-24-12-4-13-25-43/h1-37H. The van der Waals surface area contributed by atoms with Gasteiger partial charge in [-0.15, -0.1) is 0 Å². The number of benzene rings is 8.